The first-order valence-corrected chi connectivity index (χ1v) is 8.49. The van der Waals surface area contributed by atoms with Crippen molar-refractivity contribution >= 4 is 27.8 Å². The van der Waals surface area contributed by atoms with Crippen molar-refractivity contribution in [3.05, 3.63) is 34.3 Å². The highest BCUT2D eigenvalue weighted by Gasteiger charge is 2.24. The monoisotopic (exact) mass is 367 g/mol. The van der Waals surface area contributed by atoms with E-state index in [9.17, 15) is 9.59 Å². The Hall–Kier alpha value is -1.36. The molecular weight excluding hydrogens is 346 g/mol. The van der Waals surface area contributed by atoms with Gasteiger partial charge in [0.25, 0.3) is 0 Å². The van der Waals surface area contributed by atoms with E-state index in [2.05, 4.69) is 21.2 Å². The average Bonchev–Trinajstić information content (AvgIpc) is 2.98. The molecule has 0 heterocycles. The predicted octanol–water partition coefficient (Wildman–Crippen LogP) is 3.23. The van der Waals surface area contributed by atoms with E-state index in [-0.39, 0.29) is 5.91 Å². The second-order valence-corrected chi connectivity index (χ2v) is 6.75. The van der Waals surface area contributed by atoms with E-state index in [4.69, 9.17) is 4.74 Å². The molecule has 1 atom stereocenters. The number of nitrogens with one attached hydrogen (secondary N) is 1. The molecule has 1 aromatic rings. The van der Waals surface area contributed by atoms with Gasteiger partial charge >= 0.3 is 5.97 Å². The van der Waals surface area contributed by atoms with Gasteiger partial charge in [-0.3, -0.25) is 4.79 Å². The zero-order valence-corrected chi connectivity index (χ0v) is 14.4. The smallest absolute Gasteiger partial charge is 0.328 e. The normalized spacial score (nSPS) is 16.3. The zero-order valence-electron chi connectivity index (χ0n) is 12.8. The minimum Gasteiger partial charge on any atom is -0.467 e. The molecule has 1 N–H and O–H groups in total. The van der Waals surface area contributed by atoms with E-state index < -0.39 is 12.0 Å². The molecule has 22 heavy (non-hydrogen) atoms. The van der Waals surface area contributed by atoms with Crippen molar-refractivity contribution in [3.63, 3.8) is 0 Å². The second kappa shape index (κ2) is 8.32. The maximum absolute atomic E-state index is 12.2. The highest BCUT2D eigenvalue weighted by molar-refractivity contribution is 9.10. The van der Waals surface area contributed by atoms with E-state index >= 15 is 0 Å². The molecule has 1 aliphatic rings. The molecule has 120 valence electrons. The molecule has 1 fully saturated rings. The number of carbonyl (C=O) groups is 2. The fraction of sp³-hybridized carbons (Fsp3) is 0.529. The minimum absolute atomic E-state index is 0.0581. The molecule has 1 amide bonds. The second-order valence-electron chi connectivity index (χ2n) is 5.83. The number of hydrogen-bond acceptors (Lipinski definition) is 3. The van der Waals surface area contributed by atoms with Gasteiger partial charge < -0.3 is 10.1 Å². The van der Waals surface area contributed by atoms with Gasteiger partial charge in [-0.15, -0.1) is 0 Å². The van der Waals surface area contributed by atoms with Crippen LogP contribution in [0.1, 0.15) is 37.7 Å². The Labute approximate surface area is 139 Å². The highest BCUT2D eigenvalue weighted by atomic mass is 79.9. The Kier molecular flexibility index (Phi) is 6.43. The van der Waals surface area contributed by atoms with Crippen molar-refractivity contribution in [1.29, 1.82) is 0 Å². The van der Waals surface area contributed by atoms with Crippen LogP contribution in [0.25, 0.3) is 0 Å². The largest absolute Gasteiger partial charge is 0.467 e. The maximum Gasteiger partial charge on any atom is 0.328 e. The lowest BCUT2D eigenvalue weighted by Crippen LogP contribution is -2.43. The standard InChI is InChI=1S/C17H22BrNO3/c1-22-17(21)15(10-13-7-4-8-14(18)9-13)19-16(20)11-12-5-2-3-6-12/h4,7-9,12,15H,2-3,5-6,10-11H2,1H3,(H,19,20)/t15-/m1/s1. The molecule has 0 bridgehead atoms. The summed E-state index contributed by atoms with van der Waals surface area (Å²) in [7, 11) is 1.35. The van der Waals surface area contributed by atoms with Crippen LogP contribution in [-0.2, 0) is 20.7 Å². The third-order valence-corrected chi connectivity index (χ3v) is 4.59. The third kappa shape index (κ3) is 5.13. The van der Waals surface area contributed by atoms with Crippen LogP contribution in [0.15, 0.2) is 28.7 Å². The number of rotatable bonds is 6. The summed E-state index contributed by atoms with van der Waals surface area (Å²) < 4.78 is 5.77. The quantitative estimate of drug-likeness (QED) is 0.785. The van der Waals surface area contributed by atoms with Crippen molar-refractivity contribution in [1.82, 2.24) is 5.32 Å². The SMILES string of the molecule is COC(=O)[C@@H](Cc1cccc(Br)c1)NC(=O)CC1CCCC1. The summed E-state index contributed by atoms with van der Waals surface area (Å²) in [5.41, 5.74) is 0.978. The fourth-order valence-electron chi connectivity index (χ4n) is 2.97. The van der Waals surface area contributed by atoms with E-state index in [0.29, 0.717) is 18.8 Å². The number of carbonyl (C=O) groups excluding carboxylic acids is 2. The first-order valence-electron chi connectivity index (χ1n) is 7.70. The molecule has 0 unspecified atom stereocenters. The van der Waals surface area contributed by atoms with Gasteiger partial charge in [0, 0.05) is 17.3 Å². The summed E-state index contributed by atoms with van der Waals surface area (Å²) in [5, 5.41) is 2.83. The summed E-state index contributed by atoms with van der Waals surface area (Å²) in [6, 6.07) is 7.08. The molecule has 1 saturated carbocycles. The van der Waals surface area contributed by atoms with Crippen molar-refractivity contribution in [2.45, 2.75) is 44.6 Å². The Morgan fingerprint density at radius 3 is 2.73 bits per heavy atom. The van der Waals surface area contributed by atoms with E-state index in [1.807, 2.05) is 24.3 Å². The van der Waals surface area contributed by atoms with Crippen LogP contribution >= 0.6 is 15.9 Å². The van der Waals surface area contributed by atoms with Crippen LogP contribution in [0.3, 0.4) is 0 Å². The molecule has 1 aliphatic carbocycles. The number of hydrogen-bond donors (Lipinski definition) is 1. The number of benzene rings is 1. The Bertz CT molecular complexity index is 526. The lowest BCUT2D eigenvalue weighted by atomic mass is 10.0. The third-order valence-electron chi connectivity index (χ3n) is 4.10. The molecule has 0 aliphatic heterocycles. The molecule has 5 heteroatoms. The van der Waals surface area contributed by atoms with Gasteiger partial charge in [-0.25, -0.2) is 4.79 Å². The van der Waals surface area contributed by atoms with E-state index in [1.165, 1.54) is 20.0 Å². The number of esters is 1. The van der Waals surface area contributed by atoms with Crippen LogP contribution < -0.4 is 5.32 Å². The summed E-state index contributed by atoms with van der Waals surface area (Å²) >= 11 is 3.41. The number of amides is 1. The van der Waals surface area contributed by atoms with Crippen molar-refractivity contribution in [2.75, 3.05) is 7.11 Å². The average molecular weight is 368 g/mol. The van der Waals surface area contributed by atoms with Crippen molar-refractivity contribution in [3.8, 4) is 0 Å². The predicted molar refractivity (Wildman–Crippen MR) is 88.4 cm³/mol. The number of halogens is 1. The van der Waals surface area contributed by atoms with Gasteiger partial charge in [0.1, 0.15) is 6.04 Å². The van der Waals surface area contributed by atoms with Crippen LogP contribution in [0.4, 0.5) is 0 Å². The van der Waals surface area contributed by atoms with E-state index in [1.54, 1.807) is 0 Å². The van der Waals surface area contributed by atoms with Gasteiger partial charge in [-0.1, -0.05) is 40.9 Å². The fourth-order valence-corrected chi connectivity index (χ4v) is 3.41. The Morgan fingerprint density at radius 1 is 1.36 bits per heavy atom. The van der Waals surface area contributed by atoms with Crippen LogP contribution in [0.2, 0.25) is 0 Å². The summed E-state index contributed by atoms with van der Waals surface area (Å²) in [5.74, 6) is 0.00112. The number of methoxy groups -OCH3 is 1. The van der Waals surface area contributed by atoms with Gasteiger partial charge in [0.15, 0.2) is 0 Å². The first kappa shape index (κ1) is 17.0. The molecule has 4 nitrogen and oxygen atoms in total. The lowest BCUT2D eigenvalue weighted by molar-refractivity contribution is -0.145. The molecule has 0 radical (unpaired) electrons. The van der Waals surface area contributed by atoms with Crippen molar-refractivity contribution < 1.29 is 14.3 Å². The molecular formula is C17H22BrNO3. The van der Waals surface area contributed by atoms with Gasteiger partial charge in [-0.2, -0.15) is 0 Å². The number of ether oxygens (including phenoxy) is 1. The molecule has 0 saturated heterocycles. The molecule has 1 aromatic carbocycles. The first-order chi connectivity index (χ1) is 10.6. The molecule has 0 spiro atoms. The van der Waals surface area contributed by atoms with E-state index in [0.717, 1.165) is 22.9 Å². The van der Waals surface area contributed by atoms with Gasteiger partial charge in [-0.05, 0) is 36.5 Å². The summed E-state index contributed by atoms with van der Waals surface area (Å²) in [4.78, 5) is 24.1. The van der Waals surface area contributed by atoms with Crippen LogP contribution in [0, 0.1) is 5.92 Å². The molecule has 2 rings (SSSR count). The lowest BCUT2D eigenvalue weighted by Gasteiger charge is -2.18. The Morgan fingerprint density at radius 2 is 2.09 bits per heavy atom. The summed E-state index contributed by atoms with van der Waals surface area (Å²) in [6.07, 6.45) is 5.57. The minimum atomic E-state index is -0.631. The van der Waals surface area contributed by atoms with Crippen molar-refractivity contribution in [2.24, 2.45) is 5.92 Å². The van der Waals surface area contributed by atoms with Crippen LogP contribution in [0.5, 0.6) is 0 Å². The topological polar surface area (TPSA) is 55.4 Å². The Balaban J connectivity index is 1.96. The van der Waals surface area contributed by atoms with Gasteiger partial charge in [0.05, 0.1) is 7.11 Å². The maximum atomic E-state index is 12.2. The zero-order chi connectivity index (χ0) is 15.9. The highest BCUT2D eigenvalue weighted by Crippen LogP contribution is 2.27. The summed E-state index contributed by atoms with van der Waals surface area (Å²) in [6.45, 7) is 0. The van der Waals surface area contributed by atoms with Gasteiger partial charge in [0.2, 0.25) is 5.91 Å². The van der Waals surface area contributed by atoms with Crippen LogP contribution in [-0.4, -0.2) is 25.0 Å². The molecule has 0 aromatic heterocycles.